The second-order valence-corrected chi connectivity index (χ2v) is 4.00. The first-order valence-electron chi connectivity index (χ1n) is 5.92. The first kappa shape index (κ1) is 12.9. The Bertz CT molecular complexity index is 635. The second kappa shape index (κ2) is 5.39. The lowest BCUT2D eigenvalue weighted by Gasteiger charge is -2.22. The third kappa shape index (κ3) is 2.82. The Morgan fingerprint density at radius 3 is 2.53 bits per heavy atom. The zero-order valence-corrected chi connectivity index (χ0v) is 10.5. The quantitative estimate of drug-likeness (QED) is 0.882. The number of benzene rings is 1. The fourth-order valence-electron chi connectivity index (χ4n) is 1.90. The van der Waals surface area contributed by atoms with Crippen LogP contribution in [0.5, 0.6) is 0 Å². The fraction of sp³-hybridized carbons (Fsp3) is 0.143. The van der Waals surface area contributed by atoms with Crippen LogP contribution in [0.4, 0.5) is 11.5 Å². The molecule has 1 heterocycles. The van der Waals surface area contributed by atoms with Gasteiger partial charge in [-0.2, -0.15) is 0 Å². The summed E-state index contributed by atoms with van der Waals surface area (Å²) in [7, 11) is 0. The molecule has 2 rings (SSSR count). The number of carboxylic acids is 1. The number of hydrogen-bond donors (Lipinski definition) is 2. The van der Waals surface area contributed by atoms with Crippen LogP contribution in [0.15, 0.2) is 47.3 Å². The normalized spacial score (nSPS) is 10.2. The molecule has 19 heavy (non-hydrogen) atoms. The molecule has 0 bridgehead atoms. The smallest absolute Gasteiger partial charge is 0.336 e. The van der Waals surface area contributed by atoms with Crippen molar-refractivity contribution in [1.82, 2.24) is 4.98 Å². The van der Waals surface area contributed by atoms with Gasteiger partial charge < -0.3 is 15.0 Å². The third-order valence-corrected chi connectivity index (χ3v) is 2.75. The number of nitrogens with one attached hydrogen (secondary N) is 1. The van der Waals surface area contributed by atoms with Crippen molar-refractivity contribution in [2.24, 2.45) is 0 Å². The maximum absolute atomic E-state index is 11.5. The van der Waals surface area contributed by atoms with E-state index in [2.05, 4.69) is 4.98 Å². The molecule has 5 nitrogen and oxygen atoms in total. The highest BCUT2D eigenvalue weighted by molar-refractivity contribution is 5.88. The van der Waals surface area contributed by atoms with Crippen molar-refractivity contribution >= 4 is 17.5 Å². The van der Waals surface area contributed by atoms with Gasteiger partial charge in [-0.1, -0.05) is 18.2 Å². The van der Waals surface area contributed by atoms with E-state index in [1.54, 1.807) is 0 Å². The van der Waals surface area contributed by atoms with Gasteiger partial charge in [0, 0.05) is 18.3 Å². The number of para-hydroxylation sites is 1. The number of hydrogen-bond acceptors (Lipinski definition) is 3. The molecule has 0 unspecified atom stereocenters. The molecular formula is C14H14N2O3. The van der Waals surface area contributed by atoms with E-state index in [1.807, 2.05) is 42.2 Å². The maximum Gasteiger partial charge on any atom is 0.336 e. The predicted molar refractivity (Wildman–Crippen MR) is 73.1 cm³/mol. The number of anilines is 2. The molecule has 2 aromatic rings. The molecule has 0 spiro atoms. The maximum atomic E-state index is 11.5. The first-order chi connectivity index (χ1) is 9.11. The molecular weight excluding hydrogens is 244 g/mol. The summed E-state index contributed by atoms with van der Waals surface area (Å²) in [5, 5.41) is 8.99. The highest BCUT2D eigenvalue weighted by Gasteiger charge is 2.12. The highest BCUT2D eigenvalue weighted by atomic mass is 16.4. The molecule has 0 aliphatic rings. The molecule has 1 aromatic heterocycles. The Labute approximate surface area is 110 Å². The van der Waals surface area contributed by atoms with Gasteiger partial charge in [-0.05, 0) is 25.1 Å². The molecule has 0 saturated carbocycles. The summed E-state index contributed by atoms with van der Waals surface area (Å²) < 4.78 is 0. The molecule has 0 radical (unpaired) electrons. The number of aromatic amines is 1. The summed E-state index contributed by atoms with van der Waals surface area (Å²) in [4.78, 5) is 27.0. The van der Waals surface area contributed by atoms with Crippen molar-refractivity contribution in [3.63, 3.8) is 0 Å². The van der Waals surface area contributed by atoms with Crippen LogP contribution < -0.4 is 10.5 Å². The molecule has 0 aliphatic carbocycles. The van der Waals surface area contributed by atoms with Crippen LogP contribution in [-0.4, -0.2) is 22.6 Å². The minimum atomic E-state index is -1.11. The molecule has 1 aromatic carbocycles. The number of carbonyl (C=O) groups is 1. The molecule has 5 heteroatoms. The fourth-order valence-corrected chi connectivity index (χ4v) is 1.90. The largest absolute Gasteiger partial charge is 0.478 e. The summed E-state index contributed by atoms with van der Waals surface area (Å²) in [6, 6.07) is 12.0. The highest BCUT2D eigenvalue weighted by Crippen LogP contribution is 2.22. The standard InChI is InChI=1S/C14H14N2O3/c1-2-16(11-6-4-3-5-7-11)12-8-10(14(18)19)9-13(17)15-12/h3-9H,2H2,1H3,(H,15,17)(H,18,19). The average molecular weight is 258 g/mol. The van der Waals surface area contributed by atoms with Gasteiger partial charge in [0.15, 0.2) is 0 Å². The zero-order chi connectivity index (χ0) is 13.8. The number of aromatic carboxylic acids is 1. The summed E-state index contributed by atoms with van der Waals surface area (Å²) >= 11 is 0. The van der Waals surface area contributed by atoms with Crippen LogP contribution >= 0.6 is 0 Å². The van der Waals surface area contributed by atoms with Gasteiger partial charge in [-0.3, -0.25) is 4.79 Å². The number of pyridine rings is 1. The Morgan fingerprint density at radius 1 is 1.26 bits per heavy atom. The lowest BCUT2D eigenvalue weighted by Crippen LogP contribution is -2.21. The minimum Gasteiger partial charge on any atom is -0.478 e. The molecule has 0 amide bonds. The molecule has 0 fully saturated rings. The lowest BCUT2D eigenvalue weighted by molar-refractivity contribution is 0.0696. The Balaban J connectivity index is 2.50. The van der Waals surface area contributed by atoms with E-state index in [-0.39, 0.29) is 5.56 Å². The van der Waals surface area contributed by atoms with E-state index in [9.17, 15) is 9.59 Å². The molecule has 0 atom stereocenters. The minimum absolute atomic E-state index is 0.0202. The zero-order valence-electron chi connectivity index (χ0n) is 10.5. The molecule has 0 aliphatic heterocycles. The first-order valence-corrected chi connectivity index (χ1v) is 5.92. The van der Waals surface area contributed by atoms with Crippen LogP contribution in [0.25, 0.3) is 0 Å². The summed E-state index contributed by atoms with van der Waals surface area (Å²) in [6.45, 7) is 2.54. The predicted octanol–water partition coefficient (Wildman–Crippen LogP) is 2.23. The van der Waals surface area contributed by atoms with Crippen molar-refractivity contribution in [2.75, 3.05) is 11.4 Å². The van der Waals surface area contributed by atoms with Crippen molar-refractivity contribution in [2.45, 2.75) is 6.92 Å². The van der Waals surface area contributed by atoms with Crippen molar-refractivity contribution in [3.05, 3.63) is 58.4 Å². The van der Waals surface area contributed by atoms with E-state index >= 15 is 0 Å². The number of nitrogens with zero attached hydrogens (tertiary/aromatic N) is 1. The van der Waals surface area contributed by atoms with Gasteiger partial charge in [0.05, 0.1) is 5.56 Å². The van der Waals surface area contributed by atoms with Gasteiger partial charge in [-0.25, -0.2) is 4.79 Å². The van der Waals surface area contributed by atoms with Gasteiger partial charge in [0.2, 0.25) is 5.56 Å². The van der Waals surface area contributed by atoms with Crippen LogP contribution in [0.2, 0.25) is 0 Å². The van der Waals surface area contributed by atoms with E-state index in [0.29, 0.717) is 12.4 Å². The second-order valence-electron chi connectivity index (χ2n) is 4.00. The van der Waals surface area contributed by atoms with E-state index < -0.39 is 11.5 Å². The van der Waals surface area contributed by atoms with Gasteiger partial charge in [-0.15, -0.1) is 0 Å². The summed E-state index contributed by atoms with van der Waals surface area (Å²) in [5.74, 6) is -0.643. The van der Waals surface area contributed by atoms with Crippen molar-refractivity contribution in [3.8, 4) is 0 Å². The number of H-pyrrole nitrogens is 1. The topological polar surface area (TPSA) is 73.4 Å². The van der Waals surface area contributed by atoms with E-state index in [4.69, 9.17) is 5.11 Å². The Kier molecular flexibility index (Phi) is 3.66. The van der Waals surface area contributed by atoms with Gasteiger partial charge in [0.25, 0.3) is 0 Å². The van der Waals surface area contributed by atoms with E-state index in [0.717, 1.165) is 11.8 Å². The van der Waals surface area contributed by atoms with E-state index in [1.165, 1.54) is 6.07 Å². The van der Waals surface area contributed by atoms with Crippen LogP contribution in [-0.2, 0) is 0 Å². The Morgan fingerprint density at radius 2 is 1.95 bits per heavy atom. The van der Waals surface area contributed by atoms with Crippen LogP contribution in [0.1, 0.15) is 17.3 Å². The number of rotatable bonds is 4. The van der Waals surface area contributed by atoms with Crippen LogP contribution in [0, 0.1) is 0 Å². The van der Waals surface area contributed by atoms with Gasteiger partial charge in [0.1, 0.15) is 5.82 Å². The van der Waals surface area contributed by atoms with Crippen molar-refractivity contribution < 1.29 is 9.90 Å². The summed E-state index contributed by atoms with van der Waals surface area (Å²) in [6.07, 6.45) is 0. The monoisotopic (exact) mass is 258 g/mol. The van der Waals surface area contributed by atoms with Gasteiger partial charge >= 0.3 is 5.97 Å². The molecule has 0 saturated heterocycles. The average Bonchev–Trinajstić information content (AvgIpc) is 2.40. The number of carboxylic acid groups (broad SMARTS) is 1. The SMILES string of the molecule is CCN(c1ccccc1)c1cc(C(=O)O)cc(=O)[nH]1. The number of aromatic nitrogens is 1. The van der Waals surface area contributed by atoms with Crippen LogP contribution in [0.3, 0.4) is 0 Å². The molecule has 2 N–H and O–H groups in total. The van der Waals surface area contributed by atoms with Crippen molar-refractivity contribution in [1.29, 1.82) is 0 Å². The Hall–Kier alpha value is -2.56. The summed E-state index contributed by atoms with van der Waals surface area (Å²) in [5.41, 5.74) is 0.445. The lowest BCUT2D eigenvalue weighted by atomic mass is 10.2. The third-order valence-electron chi connectivity index (χ3n) is 2.75. The molecule has 98 valence electrons.